The number of hydrogen-bond donors (Lipinski definition) is 1. The molecule has 0 aliphatic carbocycles. The minimum Gasteiger partial charge on any atom is -0.387 e. The summed E-state index contributed by atoms with van der Waals surface area (Å²) in [5.41, 5.74) is 2.05. The van der Waals surface area contributed by atoms with Crippen molar-refractivity contribution in [3.05, 3.63) is 84.4 Å². The van der Waals surface area contributed by atoms with E-state index in [4.69, 9.17) is 18.9 Å². The number of aliphatic hydroxyl groups excluding tert-OH is 1. The lowest BCUT2D eigenvalue weighted by atomic mass is 10.0. The van der Waals surface area contributed by atoms with Gasteiger partial charge in [-0.3, -0.25) is 0 Å². The van der Waals surface area contributed by atoms with Gasteiger partial charge in [-0.2, -0.15) is 0 Å². The molecule has 0 radical (unpaired) electrons. The molecule has 0 bridgehead atoms. The monoisotopic (exact) mass is 370 g/mol. The van der Waals surface area contributed by atoms with E-state index in [9.17, 15) is 5.11 Å². The Morgan fingerprint density at radius 2 is 1.52 bits per heavy atom. The highest BCUT2D eigenvalue weighted by Crippen LogP contribution is 2.24. The van der Waals surface area contributed by atoms with Gasteiger partial charge in [0.2, 0.25) is 0 Å². The van der Waals surface area contributed by atoms with Crippen LogP contribution in [-0.2, 0) is 32.2 Å². The van der Waals surface area contributed by atoms with Gasteiger partial charge in [-0.15, -0.1) is 6.58 Å². The van der Waals surface area contributed by atoms with E-state index in [-0.39, 0.29) is 6.61 Å². The Balaban J connectivity index is 1.61. The molecule has 0 aromatic heterocycles. The van der Waals surface area contributed by atoms with Gasteiger partial charge < -0.3 is 24.1 Å². The molecule has 1 saturated heterocycles. The molecule has 1 heterocycles. The summed E-state index contributed by atoms with van der Waals surface area (Å²) in [6, 6.07) is 19.6. The van der Waals surface area contributed by atoms with Crippen molar-refractivity contribution in [1.82, 2.24) is 0 Å². The van der Waals surface area contributed by atoms with E-state index >= 15 is 0 Å². The quantitative estimate of drug-likeness (QED) is 0.688. The van der Waals surface area contributed by atoms with Gasteiger partial charge in [0.05, 0.1) is 26.4 Å². The van der Waals surface area contributed by atoms with Gasteiger partial charge in [0, 0.05) is 0 Å². The SMILES string of the molecule is C=CCO[C@@H]1OC[C@@H](OCc2ccccc2)C(O)C1OCc1ccccc1. The predicted molar refractivity (Wildman–Crippen MR) is 102 cm³/mol. The molecule has 27 heavy (non-hydrogen) atoms. The van der Waals surface area contributed by atoms with Gasteiger partial charge in [0.1, 0.15) is 18.3 Å². The van der Waals surface area contributed by atoms with E-state index < -0.39 is 24.6 Å². The summed E-state index contributed by atoms with van der Waals surface area (Å²) in [5.74, 6) is 0. The first-order valence-corrected chi connectivity index (χ1v) is 9.11. The van der Waals surface area contributed by atoms with E-state index in [1.807, 2.05) is 60.7 Å². The molecule has 1 fully saturated rings. The molecule has 1 N–H and O–H groups in total. The van der Waals surface area contributed by atoms with Gasteiger partial charge in [0.15, 0.2) is 6.29 Å². The fourth-order valence-electron chi connectivity index (χ4n) is 2.93. The van der Waals surface area contributed by atoms with E-state index in [1.54, 1.807) is 6.08 Å². The molecule has 3 rings (SSSR count). The van der Waals surface area contributed by atoms with Crippen LogP contribution in [0.15, 0.2) is 73.3 Å². The zero-order valence-electron chi connectivity index (χ0n) is 15.3. The Labute approximate surface area is 160 Å². The summed E-state index contributed by atoms with van der Waals surface area (Å²) in [4.78, 5) is 0. The number of aliphatic hydroxyl groups is 1. The first-order valence-electron chi connectivity index (χ1n) is 9.11. The van der Waals surface area contributed by atoms with Crippen molar-refractivity contribution in [2.24, 2.45) is 0 Å². The summed E-state index contributed by atoms with van der Waals surface area (Å²) >= 11 is 0. The fraction of sp³-hybridized carbons (Fsp3) is 0.364. The van der Waals surface area contributed by atoms with Crippen molar-refractivity contribution in [3.8, 4) is 0 Å². The molecule has 0 saturated carbocycles. The summed E-state index contributed by atoms with van der Waals surface area (Å²) in [6.45, 7) is 4.96. The smallest absolute Gasteiger partial charge is 0.186 e. The minimum absolute atomic E-state index is 0.237. The number of rotatable bonds is 9. The van der Waals surface area contributed by atoms with Crippen LogP contribution in [0.2, 0.25) is 0 Å². The lowest BCUT2D eigenvalue weighted by Gasteiger charge is -2.39. The molecule has 2 aromatic rings. The molecule has 5 nitrogen and oxygen atoms in total. The van der Waals surface area contributed by atoms with Crippen LogP contribution in [0.4, 0.5) is 0 Å². The van der Waals surface area contributed by atoms with Crippen LogP contribution in [0, 0.1) is 0 Å². The fourth-order valence-corrected chi connectivity index (χ4v) is 2.93. The molecular formula is C22H26O5. The van der Waals surface area contributed by atoms with Gasteiger partial charge in [-0.25, -0.2) is 0 Å². The van der Waals surface area contributed by atoms with E-state index in [0.29, 0.717) is 19.8 Å². The third-order valence-electron chi connectivity index (χ3n) is 4.38. The maximum atomic E-state index is 10.8. The first-order chi connectivity index (χ1) is 13.3. The Bertz CT molecular complexity index is 676. The van der Waals surface area contributed by atoms with Crippen molar-refractivity contribution < 1.29 is 24.1 Å². The molecule has 1 aliphatic heterocycles. The third-order valence-corrected chi connectivity index (χ3v) is 4.38. The molecule has 0 spiro atoms. The van der Waals surface area contributed by atoms with Gasteiger partial charge >= 0.3 is 0 Å². The van der Waals surface area contributed by atoms with E-state index in [2.05, 4.69) is 6.58 Å². The summed E-state index contributed by atoms with van der Waals surface area (Å²) in [5, 5.41) is 10.8. The maximum Gasteiger partial charge on any atom is 0.186 e. The second kappa shape index (κ2) is 10.3. The van der Waals surface area contributed by atoms with Crippen molar-refractivity contribution >= 4 is 0 Å². The molecule has 0 amide bonds. The zero-order valence-corrected chi connectivity index (χ0v) is 15.3. The van der Waals surface area contributed by atoms with Gasteiger partial charge in [-0.1, -0.05) is 66.7 Å². The normalized spacial score (nSPS) is 25.2. The number of hydrogen-bond acceptors (Lipinski definition) is 5. The molecule has 144 valence electrons. The van der Waals surface area contributed by atoms with Crippen molar-refractivity contribution in [3.63, 3.8) is 0 Å². The molecular weight excluding hydrogens is 344 g/mol. The minimum atomic E-state index is -0.860. The van der Waals surface area contributed by atoms with Crippen LogP contribution in [-0.4, -0.2) is 42.9 Å². The van der Waals surface area contributed by atoms with E-state index in [0.717, 1.165) is 11.1 Å². The Hall–Kier alpha value is -2.02. The highest BCUT2D eigenvalue weighted by molar-refractivity contribution is 5.14. The summed E-state index contributed by atoms with van der Waals surface area (Å²) in [7, 11) is 0. The summed E-state index contributed by atoms with van der Waals surface area (Å²) < 4.78 is 23.3. The average molecular weight is 370 g/mol. The second-order valence-electron chi connectivity index (χ2n) is 6.41. The first kappa shape index (κ1) is 19.7. The third kappa shape index (κ3) is 5.73. The highest BCUT2D eigenvalue weighted by atomic mass is 16.7. The van der Waals surface area contributed by atoms with Gasteiger partial charge in [-0.05, 0) is 11.1 Å². The van der Waals surface area contributed by atoms with E-state index in [1.165, 1.54) is 0 Å². The second-order valence-corrected chi connectivity index (χ2v) is 6.41. The lowest BCUT2D eigenvalue weighted by Crippen LogP contribution is -2.55. The Morgan fingerprint density at radius 1 is 0.926 bits per heavy atom. The average Bonchev–Trinajstić information content (AvgIpc) is 2.72. The zero-order chi connectivity index (χ0) is 18.9. The highest BCUT2D eigenvalue weighted by Gasteiger charge is 2.41. The molecule has 4 atom stereocenters. The lowest BCUT2D eigenvalue weighted by molar-refractivity contribution is -0.287. The van der Waals surface area contributed by atoms with Crippen LogP contribution in [0.5, 0.6) is 0 Å². The summed E-state index contributed by atoms with van der Waals surface area (Å²) in [6.07, 6.45) is -1.03. The maximum absolute atomic E-state index is 10.8. The van der Waals surface area contributed by atoms with Crippen molar-refractivity contribution in [2.75, 3.05) is 13.2 Å². The number of ether oxygens (including phenoxy) is 4. The number of benzene rings is 2. The predicted octanol–water partition coefficient (Wildman–Crippen LogP) is 3.08. The molecule has 2 unspecified atom stereocenters. The Morgan fingerprint density at radius 3 is 2.11 bits per heavy atom. The molecule has 1 aliphatic rings. The van der Waals surface area contributed by atoms with Crippen molar-refractivity contribution in [2.45, 2.75) is 37.8 Å². The molecule has 2 aromatic carbocycles. The van der Waals surface area contributed by atoms with Crippen LogP contribution in [0.25, 0.3) is 0 Å². The standard InChI is InChI=1S/C22H26O5/c1-2-13-24-22-21(26-15-18-11-7-4-8-12-18)20(23)19(16-27-22)25-14-17-9-5-3-6-10-17/h2-12,19-23H,1,13-16H2/t19-,20?,21?,22-/m1/s1. The van der Waals surface area contributed by atoms with Crippen LogP contribution >= 0.6 is 0 Å². The molecule has 5 heteroatoms. The largest absolute Gasteiger partial charge is 0.387 e. The van der Waals surface area contributed by atoms with Crippen LogP contribution in [0.1, 0.15) is 11.1 Å². The van der Waals surface area contributed by atoms with Crippen molar-refractivity contribution in [1.29, 1.82) is 0 Å². The van der Waals surface area contributed by atoms with Crippen LogP contribution in [0.3, 0.4) is 0 Å². The Kier molecular flexibility index (Phi) is 7.56. The van der Waals surface area contributed by atoms with Gasteiger partial charge in [0.25, 0.3) is 0 Å². The van der Waals surface area contributed by atoms with Crippen LogP contribution < -0.4 is 0 Å². The topological polar surface area (TPSA) is 57.2 Å².